The first kappa shape index (κ1) is 15.4. The summed E-state index contributed by atoms with van der Waals surface area (Å²) in [6.45, 7) is 1.53. The fraction of sp³-hybridized carbons (Fsp3) is 0.294. The number of methoxy groups -OCH3 is 2. The Morgan fingerprint density at radius 3 is 2.24 bits per heavy atom. The molecule has 0 bridgehead atoms. The Hall–Kier alpha value is -2.04. The zero-order chi connectivity index (χ0) is 15.1. The highest BCUT2D eigenvalue weighted by Gasteiger charge is 2.04. The summed E-state index contributed by atoms with van der Waals surface area (Å²) in [5.74, 6) is 1.67. The molecule has 4 nitrogen and oxygen atoms in total. The van der Waals surface area contributed by atoms with Gasteiger partial charge in [0.15, 0.2) is 0 Å². The van der Waals surface area contributed by atoms with Crippen LogP contribution in [0, 0.1) is 0 Å². The summed E-state index contributed by atoms with van der Waals surface area (Å²) in [7, 11) is 3.32. The molecular formula is C17H21NO3. The third kappa shape index (κ3) is 4.21. The first-order chi connectivity index (χ1) is 10.3. The van der Waals surface area contributed by atoms with Gasteiger partial charge in [-0.05, 0) is 29.3 Å². The minimum absolute atomic E-state index is 0.0781. The van der Waals surface area contributed by atoms with Crippen molar-refractivity contribution in [1.29, 1.82) is 0 Å². The molecule has 0 spiro atoms. The average Bonchev–Trinajstić information content (AvgIpc) is 2.55. The van der Waals surface area contributed by atoms with Crippen LogP contribution in [0.2, 0.25) is 0 Å². The lowest BCUT2D eigenvalue weighted by Gasteiger charge is -2.11. The standard InChI is InChI=1S/C17H21NO3/c1-20-16-7-8-17(21-2)15(9-16)11-18-10-13-3-5-14(12-19)6-4-13/h3-9,18-19H,10-12H2,1-2H3. The number of hydrogen-bond donors (Lipinski definition) is 2. The van der Waals surface area contributed by atoms with E-state index in [2.05, 4.69) is 5.32 Å². The summed E-state index contributed by atoms with van der Waals surface area (Å²) in [5, 5.41) is 12.4. The first-order valence-electron chi connectivity index (χ1n) is 6.87. The summed E-state index contributed by atoms with van der Waals surface area (Å²) >= 11 is 0. The van der Waals surface area contributed by atoms with Crippen molar-refractivity contribution < 1.29 is 14.6 Å². The van der Waals surface area contributed by atoms with E-state index in [4.69, 9.17) is 14.6 Å². The van der Waals surface area contributed by atoms with Crippen molar-refractivity contribution in [2.45, 2.75) is 19.7 Å². The molecule has 112 valence electrons. The van der Waals surface area contributed by atoms with Gasteiger partial charge in [0.25, 0.3) is 0 Å². The Morgan fingerprint density at radius 2 is 1.62 bits per heavy atom. The van der Waals surface area contributed by atoms with E-state index in [-0.39, 0.29) is 6.61 Å². The van der Waals surface area contributed by atoms with Crippen LogP contribution in [-0.4, -0.2) is 19.3 Å². The van der Waals surface area contributed by atoms with E-state index in [9.17, 15) is 0 Å². The van der Waals surface area contributed by atoms with E-state index >= 15 is 0 Å². The SMILES string of the molecule is COc1ccc(OC)c(CNCc2ccc(CO)cc2)c1. The molecule has 0 saturated heterocycles. The second-order valence-electron chi connectivity index (χ2n) is 4.76. The number of benzene rings is 2. The van der Waals surface area contributed by atoms with Gasteiger partial charge in [0.05, 0.1) is 20.8 Å². The molecule has 0 radical (unpaired) electrons. The van der Waals surface area contributed by atoms with Gasteiger partial charge in [0.2, 0.25) is 0 Å². The Bertz CT molecular complexity index is 567. The van der Waals surface area contributed by atoms with Gasteiger partial charge in [-0.15, -0.1) is 0 Å². The Kier molecular flexibility index (Phi) is 5.60. The number of ether oxygens (including phenoxy) is 2. The predicted molar refractivity (Wildman–Crippen MR) is 82.5 cm³/mol. The first-order valence-corrected chi connectivity index (χ1v) is 6.87. The lowest BCUT2D eigenvalue weighted by atomic mass is 10.1. The zero-order valence-corrected chi connectivity index (χ0v) is 12.4. The molecular weight excluding hydrogens is 266 g/mol. The van der Waals surface area contributed by atoms with E-state index in [1.807, 2.05) is 42.5 Å². The maximum absolute atomic E-state index is 9.02. The number of nitrogens with one attached hydrogen (secondary N) is 1. The van der Waals surface area contributed by atoms with Crippen molar-refractivity contribution in [2.24, 2.45) is 0 Å². The Morgan fingerprint density at radius 1 is 0.905 bits per heavy atom. The van der Waals surface area contributed by atoms with Crippen LogP contribution in [0.3, 0.4) is 0 Å². The highest BCUT2D eigenvalue weighted by molar-refractivity contribution is 5.40. The molecule has 0 aliphatic carbocycles. The van der Waals surface area contributed by atoms with Gasteiger partial charge in [-0.1, -0.05) is 24.3 Å². The van der Waals surface area contributed by atoms with E-state index in [0.29, 0.717) is 6.54 Å². The van der Waals surface area contributed by atoms with Crippen LogP contribution in [0.1, 0.15) is 16.7 Å². The highest BCUT2D eigenvalue weighted by atomic mass is 16.5. The van der Waals surface area contributed by atoms with Crippen molar-refractivity contribution in [3.05, 3.63) is 59.2 Å². The van der Waals surface area contributed by atoms with Gasteiger partial charge in [-0.3, -0.25) is 0 Å². The Balaban J connectivity index is 1.95. The zero-order valence-electron chi connectivity index (χ0n) is 12.4. The Labute approximate surface area is 125 Å². The van der Waals surface area contributed by atoms with Crippen molar-refractivity contribution >= 4 is 0 Å². The summed E-state index contributed by atoms with van der Waals surface area (Å²) in [5.41, 5.74) is 3.16. The molecule has 2 aromatic rings. The maximum Gasteiger partial charge on any atom is 0.123 e. The maximum atomic E-state index is 9.02. The van der Waals surface area contributed by atoms with Crippen LogP contribution < -0.4 is 14.8 Å². The van der Waals surface area contributed by atoms with Crippen LogP contribution in [-0.2, 0) is 19.7 Å². The van der Waals surface area contributed by atoms with Gasteiger partial charge >= 0.3 is 0 Å². The molecule has 2 aromatic carbocycles. The van der Waals surface area contributed by atoms with Crippen LogP contribution in [0.4, 0.5) is 0 Å². The summed E-state index contributed by atoms with van der Waals surface area (Å²) in [4.78, 5) is 0. The third-order valence-electron chi connectivity index (χ3n) is 3.34. The smallest absolute Gasteiger partial charge is 0.123 e. The molecule has 21 heavy (non-hydrogen) atoms. The number of aliphatic hydroxyl groups excluding tert-OH is 1. The molecule has 0 amide bonds. The van der Waals surface area contributed by atoms with Gasteiger partial charge < -0.3 is 19.9 Å². The fourth-order valence-electron chi connectivity index (χ4n) is 2.12. The van der Waals surface area contributed by atoms with E-state index in [1.165, 1.54) is 5.56 Å². The van der Waals surface area contributed by atoms with E-state index in [0.717, 1.165) is 29.2 Å². The van der Waals surface area contributed by atoms with Crippen molar-refractivity contribution in [2.75, 3.05) is 14.2 Å². The minimum atomic E-state index is 0.0781. The summed E-state index contributed by atoms with van der Waals surface area (Å²) in [6.07, 6.45) is 0. The minimum Gasteiger partial charge on any atom is -0.497 e. The topological polar surface area (TPSA) is 50.7 Å². The van der Waals surface area contributed by atoms with E-state index < -0.39 is 0 Å². The average molecular weight is 287 g/mol. The monoisotopic (exact) mass is 287 g/mol. The summed E-state index contributed by atoms with van der Waals surface area (Å²) < 4.78 is 10.6. The second-order valence-corrected chi connectivity index (χ2v) is 4.76. The molecule has 0 heterocycles. The second kappa shape index (κ2) is 7.67. The molecule has 0 fully saturated rings. The highest BCUT2D eigenvalue weighted by Crippen LogP contribution is 2.23. The molecule has 4 heteroatoms. The van der Waals surface area contributed by atoms with Crippen molar-refractivity contribution in [3.8, 4) is 11.5 Å². The molecule has 0 unspecified atom stereocenters. The molecule has 0 aromatic heterocycles. The van der Waals surface area contributed by atoms with E-state index in [1.54, 1.807) is 14.2 Å². The van der Waals surface area contributed by atoms with Crippen LogP contribution in [0.15, 0.2) is 42.5 Å². The lowest BCUT2D eigenvalue weighted by molar-refractivity contribution is 0.282. The van der Waals surface area contributed by atoms with Gasteiger partial charge in [-0.2, -0.15) is 0 Å². The summed E-state index contributed by atoms with van der Waals surface area (Å²) in [6, 6.07) is 13.7. The van der Waals surface area contributed by atoms with Crippen LogP contribution >= 0.6 is 0 Å². The number of aliphatic hydroxyl groups is 1. The predicted octanol–water partition coefficient (Wildman–Crippen LogP) is 2.49. The quantitative estimate of drug-likeness (QED) is 0.821. The third-order valence-corrected chi connectivity index (χ3v) is 3.34. The fourth-order valence-corrected chi connectivity index (χ4v) is 2.12. The van der Waals surface area contributed by atoms with Gasteiger partial charge in [-0.25, -0.2) is 0 Å². The molecule has 2 rings (SSSR count). The normalized spacial score (nSPS) is 10.4. The van der Waals surface area contributed by atoms with Crippen LogP contribution in [0.5, 0.6) is 11.5 Å². The van der Waals surface area contributed by atoms with Crippen LogP contribution in [0.25, 0.3) is 0 Å². The lowest BCUT2D eigenvalue weighted by Crippen LogP contribution is -2.13. The van der Waals surface area contributed by atoms with Crippen molar-refractivity contribution in [1.82, 2.24) is 5.32 Å². The largest absolute Gasteiger partial charge is 0.497 e. The van der Waals surface area contributed by atoms with Gasteiger partial charge in [0.1, 0.15) is 11.5 Å². The number of hydrogen-bond acceptors (Lipinski definition) is 4. The molecule has 2 N–H and O–H groups in total. The molecule has 0 saturated carbocycles. The number of rotatable bonds is 7. The van der Waals surface area contributed by atoms with Crippen molar-refractivity contribution in [3.63, 3.8) is 0 Å². The molecule has 0 aliphatic rings. The molecule has 0 atom stereocenters. The van der Waals surface area contributed by atoms with Gasteiger partial charge in [0, 0.05) is 18.7 Å². The molecule has 0 aliphatic heterocycles.